The summed E-state index contributed by atoms with van der Waals surface area (Å²) in [6.45, 7) is 10.4. The Bertz CT molecular complexity index is 350. The Balaban J connectivity index is 2.37. The highest BCUT2D eigenvalue weighted by atomic mass is 14.9. The summed E-state index contributed by atoms with van der Waals surface area (Å²) in [5.74, 6) is 0. The second kappa shape index (κ2) is 10.00. The van der Waals surface area contributed by atoms with Crippen LogP contribution in [0.25, 0.3) is 0 Å². The van der Waals surface area contributed by atoms with E-state index >= 15 is 0 Å². The average Bonchev–Trinajstić information content (AvgIpc) is 2.45. The van der Waals surface area contributed by atoms with Gasteiger partial charge in [0.05, 0.1) is 0 Å². The Morgan fingerprint density at radius 2 is 1.52 bits per heavy atom. The number of nitrogens with one attached hydrogen (secondary N) is 1. The maximum absolute atomic E-state index is 3.78. The first-order chi connectivity index (χ1) is 10.0. The maximum atomic E-state index is 3.78. The molecule has 1 N–H and O–H groups in total. The van der Waals surface area contributed by atoms with Crippen LogP contribution in [0.3, 0.4) is 0 Å². The maximum Gasteiger partial charge on any atom is 0.0325 e. The molecule has 1 unspecified atom stereocenters. The van der Waals surface area contributed by atoms with Crippen molar-refractivity contribution >= 4 is 0 Å². The zero-order chi connectivity index (χ0) is 15.6. The number of hydrogen-bond donors (Lipinski definition) is 1. The Labute approximate surface area is 132 Å². The van der Waals surface area contributed by atoms with Gasteiger partial charge in [-0.3, -0.25) is 0 Å². The van der Waals surface area contributed by atoms with E-state index < -0.39 is 0 Å². The Kier molecular flexibility index (Phi) is 8.68. The number of hydrogen-bond acceptors (Lipinski definition) is 1. The first-order valence-electron chi connectivity index (χ1n) is 8.81. The van der Waals surface area contributed by atoms with Crippen molar-refractivity contribution in [2.75, 3.05) is 6.54 Å². The van der Waals surface area contributed by atoms with Crippen molar-refractivity contribution in [1.82, 2.24) is 5.32 Å². The second-order valence-corrected chi connectivity index (χ2v) is 7.45. The summed E-state index contributed by atoms with van der Waals surface area (Å²) in [6, 6.07) is 11.4. The molecule has 0 saturated heterocycles. The van der Waals surface area contributed by atoms with Gasteiger partial charge < -0.3 is 5.32 Å². The molecule has 1 aromatic carbocycles. The minimum absolute atomic E-state index is 0.356. The van der Waals surface area contributed by atoms with Gasteiger partial charge in [0.25, 0.3) is 0 Å². The molecule has 120 valence electrons. The first kappa shape index (κ1) is 18.2. The standard InChI is InChI=1S/C20H35N/c1-5-6-7-8-9-13-16-21-19(17-20(2,3)4)18-14-11-10-12-15-18/h10-12,14-15,19,21H,5-9,13,16-17H2,1-4H3. The van der Waals surface area contributed by atoms with E-state index in [9.17, 15) is 0 Å². The quantitative estimate of drug-likeness (QED) is 0.512. The predicted octanol–water partition coefficient (Wildman–Crippen LogP) is 6.11. The van der Waals surface area contributed by atoms with Crippen LogP contribution in [0, 0.1) is 5.41 Å². The zero-order valence-corrected chi connectivity index (χ0v) is 14.6. The van der Waals surface area contributed by atoms with Gasteiger partial charge in [-0.2, -0.15) is 0 Å². The summed E-state index contributed by atoms with van der Waals surface area (Å²) in [5, 5.41) is 3.78. The van der Waals surface area contributed by atoms with Crippen molar-refractivity contribution in [3.05, 3.63) is 35.9 Å². The molecule has 1 rings (SSSR count). The molecule has 0 amide bonds. The highest BCUT2D eigenvalue weighted by Crippen LogP contribution is 2.29. The first-order valence-corrected chi connectivity index (χ1v) is 8.81. The molecule has 0 aliphatic carbocycles. The lowest BCUT2D eigenvalue weighted by atomic mass is 9.85. The molecule has 1 heteroatoms. The molecule has 0 saturated carbocycles. The molecule has 0 aliphatic heterocycles. The Morgan fingerprint density at radius 3 is 2.14 bits per heavy atom. The van der Waals surface area contributed by atoms with Gasteiger partial charge in [-0.05, 0) is 30.4 Å². The fraction of sp³-hybridized carbons (Fsp3) is 0.700. The van der Waals surface area contributed by atoms with E-state index in [-0.39, 0.29) is 0 Å². The van der Waals surface area contributed by atoms with Crippen LogP contribution in [0.5, 0.6) is 0 Å². The fourth-order valence-corrected chi connectivity index (χ4v) is 2.79. The van der Waals surface area contributed by atoms with Crippen LogP contribution < -0.4 is 5.32 Å². The Hall–Kier alpha value is -0.820. The Morgan fingerprint density at radius 1 is 0.905 bits per heavy atom. The van der Waals surface area contributed by atoms with E-state index in [4.69, 9.17) is 0 Å². The minimum Gasteiger partial charge on any atom is -0.310 e. The molecule has 0 heterocycles. The molecule has 21 heavy (non-hydrogen) atoms. The van der Waals surface area contributed by atoms with Crippen molar-refractivity contribution in [2.45, 2.75) is 78.7 Å². The lowest BCUT2D eigenvalue weighted by Crippen LogP contribution is -2.26. The van der Waals surface area contributed by atoms with Gasteiger partial charge in [0.2, 0.25) is 0 Å². The highest BCUT2D eigenvalue weighted by molar-refractivity contribution is 5.19. The van der Waals surface area contributed by atoms with Crippen LogP contribution in [0.2, 0.25) is 0 Å². The van der Waals surface area contributed by atoms with Crippen LogP contribution in [-0.2, 0) is 0 Å². The van der Waals surface area contributed by atoms with Crippen LogP contribution in [0.4, 0.5) is 0 Å². The smallest absolute Gasteiger partial charge is 0.0325 e. The summed E-state index contributed by atoms with van der Waals surface area (Å²) in [5.41, 5.74) is 1.78. The molecule has 0 radical (unpaired) electrons. The summed E-state index contributed by atoms with van der Waals surface area (Å²) in [7, 11) is 0. The highest BCUT2D eigenvalue weighted by Gasteiger charge is 2.19. The van der Waals surface area contributed by atoms with Crippen LogP contribution in [0.15, 0.2) is 30.3 Å². The molecular formula is C20H35N. The third-order valence-electron chi connectivity index (χ3n) is 3.94. The summed E-state index contributed by atoms with van der Waals surface area (Å²) < 4.78 is 0. The van der Waals surface area contributed by atoms with Gasteiger partial charge in [-0.15, -0.1) is 0 Å². The number of rotatable bonds is 10. The van der Waals surface area contributed by atoms with E-state index in [1.807, 2.05) is 0 Å². The van der Waals surface area contributed by atoms with Gasteiger partial charge in [-0.1, -0.05) is 90.1 Å². The van der Waals surface area contributed by atoms with E-state index in [1.54, 1.807) is 0 Å². The van der Waals surface area contributed by atoms with Crippen molar-refractivity contribution in [1.29, 1.82) is 0 Å². The SMILES string of the molecule is CCCCCCCCNC(CC(C)(C)C)c1ccccc1. The number of benzene rings is 1. The molecule has 0 bridgehead atoms. The third kappa shape index (κ3) is 8.93. The largest absolute Gasteiger partial charge is 0.310 e. The van der Waals surface area contributed by atoms with Gasteiger partial charge in [0, 0.05) is 6.04 Å². The topological polar surface area (TPSA) is 12.0 Å². The monoisotopic (exact) mass is 289 g/mol. The zero-order valence-electron chi connectivity index (χ0n) is 14.6. The van der Waals surface area contributed by atoms with Crippen molar-refractivity contribution in [2.24, 2.45) is 5.41 Å². The van der Waals surface area contributed by atoms with E-state index in [2.05, 4.69) is 63.3 Å². The molecule has 1 atom stereocenters. The third-order valence-corrected chi connectivity index (χ3v) is 3.94. The summed E-state index contributed by atoms with van der Waals surface area (Å²) in [6.07, 6.45) is 9.38. The lowest BCUT2D eigenvalue weighted by molar-refractivity contribution is 0.310. The van der Waals surface area contributed by atoms with Gasteiger partial charge in [-0.25, -0.2) is 0 Å². The van der Waals surface area contributed by atoms with Gasteiger partial charge in [0.1, 0.15) is 0 Å². The predicted molar refractivity (Wildman–Crippen MR) is 94.6 cm³/mol. The van der Waals surface area contributed by atoms with Crippen LogP contribution >= 0.6 is 0 Å². The fourth-order valence-electron chi connectivity index (χ4n) is 2.79. The molecule has 0 fully saturated rings. The summed E-state index contributed by atoms with van der Waals surface area (Å²) in [4.78, 5) is 0. The minimum atomic E-state index is 0.356. The van der Waals surface area contributed by atoms with E-state index in [0.29, 0.717) is 11.5 Å². The lowest BCUT2D eigenvalue weighted by Gasteiger charge is -2.27. The average molecular weight is 290 g/mol. The van der Waals surface area contributed by atoms with Crippen molar-refractivity contribution < 1.29 is 0 Å². The van der Waals surface area contributed by atoms with E-state index in [0.717, 1.165) is 6.54 Å². The van der Waals surface area contributed by atoms with Crippen LogP contribution in [0.1, 0.15) is 84.2 Å². The van der Waals surface area contributed by atoms with Crippen molar-refractivity contribution in [3.63, 3.8) is 0 Å². The van der Waals surface area contributed by atoms with Crippen LogP contribution in [-0.4, -0.2) is 6.54 Å². The molecule has 0 aromatic heterocycles. The van der Waals surface area contributed by atoms with E-state index in [1.165, 1.54) is 50.5 Å². The van der Waals surface area contributed by atoms with Gasteiger partial charge >= 0.3 is 0 Å². The molecule has 0 aliphatic rings. The molecular weight excluding hydrogens is 254 g/mol. The normalized spacial score (nSPS) is 13.3. The molecule has 0 spiro atoms. The summed E-state index contributed by atoms with van der Waals surface area (Å²) >= 11 is 0. The number of unbranched alkanes of at least 4 members (excludes halogenated alkanes) is 5. The van der Waals surface area contributed by atoms with Crippen molar-refractivity contribution in [3.8, 4) is 0 Å². The van der Waals surface area contributed by atoms with Gasteiger partial charge in [0.15, 0.2) is 0 Å². The second-order valence-electron chi connectivity index (χ2n) is 7.45. The molecule has 1 nitrogen and oxygen atoms in total. The molecule has 1 aromatic rings.